The van der Waals surface area contributed by atoms with Crippen LogP contribution >= 0.6 is 0 Å². The van der Waals surface area contributed by atoms with E-state index in [1.165, 1.54) is 7.96 Å². The first-order valence-electron chi connectivity index (χ1n) is 9.03. The van der Waals surface area contributed by atoms with Crippen LogP contribution in [-0.2, 0) is 0 Å². The molecule has 0 atom stereocenters. The molecule has 0 spiro atoms. The first kappa shape index (κ1) is 17.4. The van der Waals surface area contributed by atoms with Crippen molar-refractivity contribution in [3.8, 4) is 3.70 Å². The van der Waals surface area contributed by atoms with Crippen molar-refractivity contribution in [3.63, 3.8) is 0 Å². The monoisotopic (exact) mass is 558 g/mol. The number of allylic oxidation sites excluding steroid dienone is 1. The summed E-state index contributed by atoms with van der Waals surface area (Å²) in [5.41, 5.74) is 2.51. The molecule has 0 fully saturated rings. The molecule has 138 valence electrons. The molecule has 0 radical (unpaired) electrons. The summed E-state index contributed by atoms with van der Waals surface area (Å²) in [7, 11) is 0. The maximum atomic E-state index is 12.9. The van der Waals surface area contributed by atoms with Gasteiger partial charge in [-0.3, -0.25) is 0 Å². The standard InChI is InChI=1S/C23H12N2O2SeTe/c26-22-16-9-14-5-8-28-20(14)11-17(16)23(27)18(22)10-15-1-2-21(29-15)25-7-4-13-3-6-24-12-19(13)25/h1-12H/b18-10-. The number of ketones is 2. The number of nitrogens with zero attached hydrogens (tertiary/aromatic N) is 2. The van der Waals surface area contributed by atoms with Crippen LogP contribution in [0.3, 0.4) is 0 Å². The molecule has 0 bridgehead atoms. The summed E-state index contributed by atoms with van der Waals surface area (Å²) in [6.45, 7) is 0. The van der Waals surface area contributed by atoms with E-state index in [0.29, 0.717) is 16.7 Å². The van der Waals surface area contributed by atoms with Crippen LogP contribution < -0.4 is 0 Å². The predicted octanol–water partition coefficient (Wildman–Crippen LogP) is 3.76. The summed E-state index contributed by atoms with van der Waals surface area (Å²) in [5, 5.41) is 2.23. The molecule has 1 aliphatic rings. The van der Waals surface area contributed by atoms with Gasteiger partial charge in [-0.2, -0.15) is 0 Å². The summed E-state index contributed by atoms with van der Waals surface area (Å²) in [4.78, 5) is 32.2. The molecule has 0 saturated carbocycles. The number of rotatable bonds is 2. The summed E-state index contributed by atoms with van der Waals surface area (Å²) in [5.74, 6) is -0.272. The van der Waals surface area contributed by atoms with E-state index in [4.69, 9.17) is 0 Å². The Labute approximate surface area is 181 Å². The molecule has 29 heavy (non-hydrogen) atoms. The van der Waals surface area contributed by atoms with Gasteiger partial charge in [-0.25, -0.2) is 0 Å². The fourth-order valence-corrected chi connectivity index (χ4v) is 8.17. The van der Waals surface area contributed by atoms with Crippen molar-refractivity contribution in [2.75, 3.05) is 0 Å². The van der Waals surface area contributed by atoms with Gasteiger partial charge in [0.05, 0.1) is 0 Å². The minimum atomic E-state index is -0.697. The second-order valence-corrected chi connectivity index (χ2v) is 12.0. The van der Waals surface area contributed by atoms with Crippen molar-refractivity contribution in [2.24, 2.45) is 0 Å². The molecule has 1 aliphatic carbocycles. The van der Waals surface area contributed by atoms with E-state index in [1.807, 2.05) is 42.6 Å². The number of hydrogen-bond donors (Lipinski definition) is 0. The van der Waals surface area contributed by atoms with E-state index in [1.54, 1.807) is 6.20 Å². The predicted molar refractivity (Wildman–Crippen MR) is 116 cm³/mol. The fourth-order valence-electron chi connectivity index (χ4n) is 3.77. The Bertz CT molecular complexity index is 1450. The molecule has 6 rings (SSSR count). The average Bonchev–Trinajstić information content (AvgIpc) is 3.50. The number of benzene rings is 1. The van der Waals surface area contributed by atoms with E-state index >= 15 is 0 Å². The Kier molecular flexibility index (Phi) is 3.91. The Hall–Kier alpha value is -2.48. The second kappa shape index (κ2) is 6.52. The van der Waals surface area contributed by atoms with Gasteiger partial charge in [0.1, 0.15) is 0 Å². The van der Waals surface area contributed by atoms with Crippen LogP contribution in [0.25, 0.3) is 30.3 Å². The molecule has 0 saturated heterocycles. The number of pyridine rings is 1. The number of carbonyl (C=O) groups excluding carboxylic acids is 2. The molecule has 0 N–H and O–H groups in total. The Morgan fingerprint density at radius 2 is 1.83 bits per heavy atom. The molecule has 4 heterocycles. The fraction of sp³-hybridized carbons (Fsp3) is 0. The molecule has 6 heteroatoms. The normalized spacial score (nSPS) is 15.1. The average molecular weight is 555 g/mol. The number of carbonyl (C=O) groups is 2. The number of hydrogen-bond acceptors (Lipinski definition) is 3. The zero-order valence-corrected chi connectivity index (χ0v) is 19.0. The van der Waals surface area contributed by atoms with E-state index < -0.39 is 20.4 Å². The molecule has 1 aromatic carbocycles. The van der Waals surface area contributed by atoms with Crippen molar-refractivity contribution in [1.29, 1.82) is 0 Å². The van der Waals surface area contributed by atoms with E-state index in [-0.39, 0.29) is 26.1 Å². The SMILES string of the molecule is O=C1/C(=C/c2ccc(-n3ccc4ccncc43)[te]2)C(=O)c2cc3[se]ccc3cc21. The van der Waals surface area contributed by atoms with Crippen LogP contribution in [0.1, 0.15) is 24.3 Å². The van der Waals surface area contributed by atoms with Gasteiger partial charge in [-0.15, -0.1) is 0 Å². The number of Topliss-reactive ketones (excluding diaryl/α,β-unsaturated/α-hetero) is 2. The van der Waals surface area contributed by atoms with Crippen molar-refractivity contribution >= 4 is 73.1 Å². The third kappa shape index (κ3) is 2.68. The van der Waals surface area contributed by atoms with Crippen LogP contribution in [0, 0.1) is 0 Å². The molecule has 0 unspecified atom stereocenters. The first-order chi connectivity index (χ1) is 14.2. The van der Waals surface area contributed by atoms with Gasteiger partial charge in [0.15, 0.2) is 0 Å². The molecule has 4 nitrogen and oxygen atoms in total. The van der Waals surface area contributed by atoms with Crippen molar-refractivity contribution in [1.82, 2.24) is 9.55 Å². The Morgan fingerprint density at radius 3 is 2.72 bits per heavy atom. The van der Waals surface area contributed by atoms with Crippen LogP contribution in [-0.4, -0.2) is 56.1 Å². The topological polar surface area (TPSA) is 52.0 Å². The summed E-state index contributed by atoms with van der Waals surface area (Å²) in [6.07, 6.45) is 7.55. The summed E-state index contributed by atoms with van der Waals surface area (Å²) < 4.78 is 5.67. The zero-order chi connectivity index (χ0) is 19.5. The van der Waals surface area contributed by atoms with E-state index in [0.717, 1.165) is 19.9 Å². The van der Waals surface area contributed by atoms with Gasteiger partial charge < -0.3 is 0 Å². The van der Waals surface area contributed by atoms with Crippen LogP contribution in [0.2, 0.25) is 0 Å². The quantitative estimate of drug-likeness (QED) is 0.190. The minimum absolute atomic E-state index is 0.132. The van der Waals surface area contributed by atoms with Crippen molar-refractivity contribution in [3.05, 3.63) is 86.3 Å². The summed E-state index contributed by atoms with van der Waals surface area (Å²) in [6, 6.07) is 14.1. The Morgan fingerprint density at radius 1 is 0.966 bits per heavy atom. The first-order valence-corrected chi connectivity index (χ1v) is 13.2. The molecule has 5 aromatic rings. The van der Waals surface area contributed by atoms with Gasteiger partial charge >= 0.3 is 182 Å². The zero-order valence-electron chi connectivity index (χ0n) is 15.0. The van der Waals surface area contributed by atoms with E-state index in [2.05, 4.69) is 32.8 Å². The van der Waals surface area contributed by atoms with Gasteiger partial charge in [0.25, 0.3) is 0 Å². The summed E-state index contributed by atoms with van der Waals surface area (Å²) >= 11 is -0.440. The molecule has 4 aromatic heterocycles. The Balaban J connectivity index is 1.41. The van der Waals surface area contributed by atoms with Crippen molar-refractivity contribution < 1.29 is 9.59 Å². The van der Waals surface area contributed by atoms with Gasteiger partial charge in [0, 0.05) is 0 Å². The van der Waals surface area contributed by atoms with Crippen LogP contribution in [0.15, 0.2) is 71.6 Å². The van der Waals surface area contributed by atoms with Gasteiger partial charge in [0.2, 0.25) is 0 Å². The molecule has 0 aliphatic heterocycles. The van der Waals surface area contributed by atoms with Gasteiger partial charge in [-0.05, 0) is 0 Å². The van der Waals surface area contributed by atoms with Crippen LogP contribution in [0.5, 0.6) is 0 Å². The number of aromatic nitrogens is 2. The van der Waals surface area contributed by atoms with Gasteiger partial charge in [-0.1, -0.05) is 0 Å². The third-order valence-electron chi connectivity index (χ3n) is 5.20. The van der Waals surface area contributed by atoms with Crippen LogP contribution in [0.4, 0.5) is 0 Å². The van der Waals surface area contributed by atoms with E-state index in [9.17, 15) is 9.59 Å². The molecular formula is C23H12N2O2SeTe. The molecular weight excluding hydrogens is 543 g/mol. The second-order valence-electron chi connectivity index (χ2n) is 6.87. The molecule has 0 amide bonds. The number of fused-ring (bicyclic) bond motifs is 3. The van der Waals surface area contributed by atoms with Crippen molar-refractivity contribution in [2.45, 2.75) is 0 Å². The third-order valence-corrected chi connectivity index (χ3v) is 9.99. The maximum absolute atomic E-state index is 12.9.